The van der Waals surface area contributed by atoms with Crippen LogP contribution in [-0.4, -0.2) is 11.0 Å². The van der Waals surface area contributed by atoms with Gasteiger partial charge in [-0.05, 0) is 24.6 Å². The Hall–Kier alpha value is -2.08. The second kappa shape index (κ2) is 7.44. The van der Waals surface area contributed by atoms with Crippen LogP contribution in [0.15, 0.2) is 42.5 Å². The summed E-state index contributed by atoms with van der Waals surface area (Å²) < 4.78 is 5.69. The number of nitrogens with zero attached hydrogens (tertiary/aromatic N) is 1. The maximum Gasteiger partial charge on any atom is 0.139 e. The molecule has 7 heteroatoms. The van der Waals surface area contributed by atoms with Crippen molar-refractivity contribution >= 4 is 40.5 Å². The molecule has 2 aromatic carbocycles. The predicted molar refractivity (Wildman–Crippen MR) is 97.4 cm³/mol. The number of benzene rings is 2. The first kappa shape index (κ1) is 17.7. The van der Waals surface area contributed by atoms with Gasteiger partial charge in [-0.15, -0.1) is 11.3 Å². The van der Waals surface area contributed by atoms with Crippen molar-refractivity contribution in [3.05, 3.63) is 68.6 Å². The second-order valence-corrected chi connectivity index (χ2v) is 7.12. The number of carboxylic acid groups (broad SMARTS) is 1. The summed E-state index contributed by atoms with van der Waals surface area (Å²) in [4.78, 5) is 15.4. The van der Waals surface area contributed by atoms with E-state index >= 15 is 0 Å². The minimum atomic E-state index is -1.20. The molecule has 0 aliphatic rings. The lowest BCUT2D eigenvalue weighted by molar-refractivity contribution is -0.254. The van der Waals surface area contributed by atoms with Crippen LogP contribution < -0.4 is 9.84 Å². The fourth-order valence-corrected chi connectivity index (χ4v) is 3.44. The Balaban J connectivity index is 1.73. The molecule has 0 spiro atoms. The van der Waals surface area contributed by atoms with Gasteiger partial charge in [-0.25, -0.2) is 4.98 Å². The third kappa shape index (κ3) is 4.12. The highest BCUT2D eigenvalue weighted by atomic mass is 35.5. The quantitative estimate of drug-likeness (QED) is 0.646. The number of hydrogen-bond donors (Lipinski definition) is 0. The number of carbonyl (C=O) groups excluding carboxylic acids is 1. The Morgan fingerprint density at radius 1 is 1.20 bits per heavy atom. The molecule has 0 saturated carbocycles. The first-order valence-electron chi connectivity index (χ1n) is 7.30. The molecule has 25 heavy (non-hydrogen) atoms. The van der Waals surface area contributed by atoms with Crippen molar-refractivity contribution in [1.29, 1.82) is 0 Å². The van der Waals surface area contributed by atoms with Gasteiger partial charge in [0.1, 0.15) is 17.4 Å². The fourth-order valence-electron chi connectivity index (χ4n) is 2.20. The number of ether oxygens (including phenoxy) is 1. The lowest BCUT2D eigenvalue weighted by atomic mass is 10.1. The molecule has 4 nitrogen and oxygen atoms in total. The maximum absolute atomic E-state index is 11.0. The molecule has 0 radical (unpaired) electrons. The number of rotatable bonds is 5. The first-order valence-corrected chi connectivity index (χ1v) is 8.87. The lowest BCUT2D eigenvalue weighted by Gasteiger charge is -2.09. The van der Waals surface area contributed by atoms with Gasteiger partial charge in [0.25, 0.3) is 0 Å². The summed E-state index contributed by atoms with van der Waals surface area (Å²) >= 11 is 13.1. The number of halogens is 2. The van der Waals surface area contributed by atoms with Gasteiger partial charge in [0, 0.05) is 16.7 Å². The molecule has 0 aliphatic heterocycles. The van der Waals surface area contributed by atoms with E-state index in [1.165, 1.54) is 0 Å². The highest BCUT2D eigenvalue weighted by Crippen LogP contribution is 2.30. The summed E-state index contributed by atoms with van der Waals surface area (Å²) in [6.07, 6.45) is 0. The van der Waals surface area contributed by atoms with Gasteiger partial charge >= 0.3 is 0 Å². The van der Waals surface area contributed by atoms with E-state index in [1.807, 2.05) is 24.3 Å². The summed E-state index contributed by atoms with van der Waals surface area (Å²) in [5.74, 6) is -0.683. The smallest absolute Gasteiger partial charge is 0.139 e. The Bertz CT molecular complexity index is 923. The van der Waals surface area contributed by atoms with E-state index in [0.29, 0.717) is 33.1 Å². The number of aryl methyl sites for hydroxylation is 1. The van der Waals surface area contributed by atoms with Crippen LogP contribution in [0.25, 0.3) is 10.6 Å². The van der Waals surface area contributed by atoms with Crippen molar-refractivity contribution in [2.45, 2.75) is 13.5 Å². The summed E-state index contributed by atoms with van der Waals surface area (Å²) in [5.41, 5.74) is 2.24. The summed E-state index contributed by atoms with van der Waals surface area (Å²) in [6, 6.07) is 12.6. The van der Waals surface area contributed by atoms with Gasteiger partial charge in [-0.3, -0.25) is 0 Å². The first-order chi connectivity index (χ1) is 11.9. The monoisotopic (exact) mass is 392 g/mol. The Morgan fingerprint density at radius 3 is 2.56 bits per heavy atom. The molecule has 0 aliphatic carbocycles. The topological polar surface area (TPSA) is 62.2 Å². The van der Waals surface area contributed by atoms with Gasteiger partial charge in [0.05, 0.1) is 21.6 Å². The largest absolute Gasteiger partial charge is 0.544 e. The molecule has 1 heterocycles. The third-order valence-electron chi connectivity index (χ3n) is 3.47. The molecular weight excluding hydrogens is 381 g/mol. The van der Waals surface area contributed by atoms with E-state index in [-0.39, 0.29) is 4.88 Å². The normalized spacial score (nSPS) is 10.7. The average molecular weight is 393 g/mol. The van der Waals surface area contributed by atoms with Crippen molar-refractivity contribution in [2.75, 3.05) is 0 Å². The van der Waals surface area contributed by atoms with Crippen LogP contribution in [-0.2, 0) is 6.61 Å². The van der Waals surface area contributed by atoms with Gasteiger partial charge < -0.3 is 14.6 Å². The molecule has 128 valence electrons. The number of carbonyl (C=O) groups is 1. The number of aromatic carboxylic acids is 1. The van der Waals surface area contributed by atoms with Crippen molar-refractivity contribution in [2.24, 2.45) is 0 Å². The Labute approximate surface area is 158 Å². The van der Waals surface area contributed by atoms with E-state index in [4.69, 9.17) is 27.9 Å². The van der Waals surface area contributed by atoms with E-state index in [2.05, 4.69) is 4.98 Å². The molecule has 0 bridgehead atoms. The zero-order chi connectivity index (χ0) is 18.0. The minimum Gasteiger partial charge on any atom is -0.544 e. The third-order valence-corrected chi connectivity index (χ3v) is 5.20. The standard InChI is InChI=1S/C18H13Cl2NO3S/c1-10-16(18(22)23)25-17(21-10)12-4-2-11(3-5-12)9-24-15-8-13(19)6-7-14(15)20/h2-8H,9H2,1H3,(H,22,23)/p-1. The van der Waals surface area contributed by atoms with E-state index in [0.717, 1.165) is 22.5 Å². The van der Waals surface area contributed by atoms with E-state index in [9.17, 15) is 9.90 Å². The minimum absolute atomic E-state index is 0.151. The van der Waals surface area contributed by atoms with Crippen LogP contribution in [0.2, 0.25) is 10.0 Å². The van der Waals surface area contributed by atoms with E-state index in [1.54, 1.807) is 25.1 Å². The molecule has 0 amide bonds. The molecule has 0 atom stereocenters. The molecule has 3 aromatic rings. The van der Waals surface area contributed by atoms with Crippen LogP contribution in [0, 0.1) is 6.92 Å². The summed E-state index contributed by atoms with van der Waals surface area (Å²) in [5, 5.41) is 12.7. The Kier molecular flexibility index (Phi) is 5.27. The number of thiazole rings is 1. The van der Waals surface area contributed by atoms with Crippen LogP contribution >= 0.6 is 34.5 Å². The average Bonchev–Trinajstić information content (AvgIpc) is 2.98. The van der Waals surface area contributed by atoms with Gasteiger partial charge in [-0.2, -0.15) is 0 Å². The van der Waals surface area contributed by atoms with Crippen LogP contribution in [0.3, 0.4) is 0 Å². The molecular formula is C18H12Cl2NO3S-. The Morgan fingerprint density at radius 2 is 1.92 bits per heavy atom. The molecule has 0 N–H and O–H groups in total. The number of hydrogen-bond acceptors (Lipinski definition) is 5. The summed E-state index contributed by atoms with van der Waals surface area (Å²) in [7, 11) is 0. The SMILES string of the molecule is Cc1nc(-c2ccc(COc3cc(Cl)ccc3Cl)cc2)sc1C(=O)[O-]. The van der Waals surface area contributed by atoms with Crippen molar-refractivity contribution in [3.63, 3.8) is 0 Å². The zero-order valence-electron chi connectivity index (χ0n) is 13.1. The van der Waals surface area contributed by atoms with Crippen LogP contribution in [0.1, 0.15) is 20.9 Å². The fraction of sp³-hybridized carbons (Fsp3) is 0.111. The molecule has 0 saturated heterocycles. The molecule has 3 rings (SSSR count). The van der Waals surface area contributed by atoms with Crippen molar-refractivity contribution in [1.82, 2.24) is 4.98 Å². The van der Waals surface area contributed by atoms with Crippen molar-refractivity contribution in [3.8, 4) is 16.3 Å². The number of aromatic nitrogens is 1. The predicted octanol–water partition coefficient (Wildman–Crippen LogP) is 4.37. The molecule has 0 fully saturated rings. The van der Waals surface area contributed by atoms with Crippen molar-refractivity contribution < 1.29 is 14.6 Å². The second-order valence-electron chi connectivity index (χ2n) is 5.28. The highest BCUT2D eigenvalue weighted by Gasteiger charge is 2.10. The lowest BCUT2D eigenvalue weighted by Crippen LogP contribution is -2.21. The maximum atomic E-state index is 11.0. The zero-order valence-corrected chi connectivity index (χ0v) is 15.4. The summed E-state index contributed by atoms with van der Waals surface area (Å²) in [6.45, 7) is 1.99. The van der Waals surface area contributed by atoms with Crippen LogP contribution in [0.4, 0.5) is 0 Å². The van der Waals surface area contributed by atoms with Crippen LogP contribution in [0.5, 0.6) is 5.75 Å². The van der Waals surface area contributed by atoms with Gasteiger partial charge in [-0.1, -0.05) is 47.5 Å². The highest BCUT2D eigenvalue weighted by molar-refractivity contribution is 7.17. The number of carboxylic acids is 1. The van der Waals surface area contributed by atoms with Gasteiger partial charge in [0.2, 0.25) is 0 Å². The van der Waals surface area contributed by atoms with E-state index < -0.39 is 5.97 Å². The molecule has 0 unspecified atom stereocenters. The van der Waals surface area contributed by atoms with Gasteiger partial charge in [0.15, 0.2) is 0 Å². The molecule has 1 aromatic heterocycles.